The van der Waals surface area contributed by atoms with Crippen LogP contribution < -0.4 is 15.5 Å². The number of likely N-dealkylation sites (tertiary alicyclic amines) is 1. The SMILES string of the molecule is CC(=O)NC1CCN(CCC2(C)CCCc3cc(Cl)ccc3N2C(=O)c2ccc(NC(=O)c3ccccc3Cl)cc2)CC1. The van der Waals surface area contributed by atoms with E-state index in [-0.39, 0.29) is 23.8 Å². The van der Waals surface area contributed by atoms with E-state index in [1.165, 1.54) is 0 Å². The van der Waals surface area contributed by atoms with Crippen LogP contribution in [-0.2, 0) is 11.2 Å². The van der Waals surface area contributed by atoms with Crippen molar-refractivity contribution in [3.63, 3.8) is 0 Å². The molecular weight excluding hydrogens is 583 g/mol. The molecule has 7 nitrogen and oxygen atoms in total. The third kappa shape index (κ3) is 7.40. The Balaban J connectivity index is 1.35. The summed E-state index contributed by atoms with van der Waals surface area (Å²) < 4.78 is 0. The first-order valence-electron chi connectivity index (χ1n) is 14.9. The lowest BCUT2D eigenvalue weighted by Crippen LogP contribution is -2.52. The normalized spacial score (nSPS) is 19.3. The second-order valence-corrected chi connectivity index (χ2v) is 12.7. The van der Waals surface area contributed by atoms with E-state index in [1.807, 2.05) is 23.1 Å². The summed E-state index contributed by atoms with van der Waals surface area (Å²) in [6, 6.07) is 19.9. The maximum absolute atomic E-state index is 14.3. The third-order valence-electron chi connectivity index (χ3n) is 8.66. The summed E-state index contributed by atoms with van der Waals surface area (Å²) in [5.41, 5.74) is 3.07. The number of nitrogens with zero attached hydrogens (tertiary/aromatic N) is 2. The molecule has 1 fully saturated rings. The Morgan fingerprint density at radius 2 is 1.70 bits per heavy atom. The fourth-order valence-electron chi connectivity index (χ4n) is 6.28. The number of carbonyl (C=O) groups excluding carboxylic acids is 3. The van der Waals surface area contributed by atoms with Crippen LogP contribution in [0.1, 0.15) is 72.2 Å². The lowest BCUT2D eigenvalue weighted by atomic mass is 9.88. The minimum atomic E-state index is -0.415. The molecule has 9 heteroatoms. The maximum Gasteiger partial charge on any atom is 0.258 e. The maximum atomic E-state index is 14.3. The van der Waals surface area contributed by atoms with Crippen LogP contribution in [0.5, 0.6) is 0 Å². The third-order valence-corrected chi connectivity index (χ3v) is 9.22. The predicted molar refractivity (Wildman–Crippen MR) is 173 cm³/mol. The van der Waals surface area contributed by atoms with Crippen molar-refractivity contribution in [2.24, 2.45) is 0 Å². The van der Waals surface area contributed by atoms with Gasteiger partial charge in [-0.25, -0.2) is 0 Å². The number of nitrogens with one attached hydrogen (secondary N) is 2. The van der Waals surface area contributed by atoms with Gasteiger partial charge >= 0.3 is 0 Å². The monoisotopic (exact) mass is 620 g/mol. The highest BCUT2D eigenvalue weighted by atomic mass is 35.5. The highest BCUT2D eigenvalue weighted by molar-refractivity contribution is 6.34. The molecule has 2 aliphatic rings. The summed E-state index contributed by atoms with van der Waals surface area (Å²) >= 11 is 12.6. The molecule has 226 valence electrons. The molecule has 3 aromatic carbocycles. The average molecular weight is 622 g/mol. The van der Waals surface area contributed by atoms with Gasteiger partial charge in [-0.15, -0.1) is 0 Å². The van der Waals surface area contributed by atoms with Crippen molar-refractivity contribution in [1.82, 2.24) is 10.2 Å². The molecule has 3 amide bonds. The van der Waals surface area contributed by atoms with Gasteiger partial charge in [0.25, 0.3) is 11.8 Å². The number of hydrogen-bond donors (Lipinski definition) is 2. The van der Waals surface area contributed by atoms with Crippen LogP contribution in [0.15, 0.2) is 66.7 Å². The molecule has 3 aromatic rings. The Labute approximate surface area is 263 Å². The van der Waals surface area contributed by atoms with Crippen LogP contribution >= 0.6 is 23.2 Å². The zero-order chi connectivity index (χ0) is 30.6. The summed E-state index contributed by atoms with van der Waals surface area (Å²) in [6.45, 7) is 6.46. The number of fused-ring (bicyclic) bond motifs is 1. The molecule has 43 heavy (non-hydrogen) atoms. The average Bonchev–Trinajstić information content (AvgIpc) is 3.12. The molecule has 0 saturated carbocycles. The van der Waals surface area contributed by atoms with Gasteiger partial charge in [0.2, 0.25) is 5.91 Å². The van der Waals surface area contributed by atoms with Gasteiger partial charge < -0.3 is 20.4 Å². The molecule has 1 saturated heterocycles. The van der Waals surface area contributed by atoms with E-state index in [4.69, 9.17) is 23.2 Å². The van der Waals surface area contributed by atoms with Gasteiger partial charge in [-0.05, 0) is 106 Å². The number of piperidine rings is 1. The summed E-state index contributed by atoms with van der Waals surface area (Å²) in [6.07, 6.45) is 5.34. The molecule has 2 aliphatic heterocycles. The van der Waals surface area contributed by atoms with E-state index < -0.39 is 5.54 Å². The van der Waals surface area contributed by atoms with E-state index in [0.717, 1.165) is 69.4 Å². The molecule has 0 aromatic heterocycles. The van der Waals surface area contributed by atoms with Crippen molar-refractivity contribution in [2.75, 3.05) is 29.9 Å². The van der Waals surface area contributed by atoms with Gasteiger partial charge in [0.05, 0.1) is 10.6 Å². The van der Waals surface area contributed by atoms with Gasteiger partial charge in [-0.3, -0.25) is 14.4 Å². The lowest BCUT2D eigenvalue weighted by molar-refractivity contribution is -0.119. The molecule has 2 N–H and O–H groups in total. The second-order valence-electron chi connectivity index (χ2n) is 11.8. The smallest absolute Gasteiger partial charge is 0.258 e. The number of hydrogen-bond acceptors (Lipinski definition) is 4. The standard InChI is InChI=1S/C34H38Cl2N4O3/c1-23(41)37-28-15-19-39(20-16-28)21-18-34(2)17-5-6-25-22-26(35)11-14-31(25)40(34)33(43)24-9-12-27(13-10-24)38-32(42)29-7-3-4-8-30(29)36/h3-4,7-14,22,28H,5-6,15-21H2,1-2H3,(H,37,41)(H,38,42). The Kier molecular flexibility index (Phi) is 9.75. The van der Waals surface area contributed by atoms with E-state index >= 15 is 0 Å². The van der Waals surface area contributed by atoms with Gasteiger partial charge in [-0.2, -0.15) is 0 Å². The topological polar surface area (TPSA) is 81.8 Å². The lowest BCUT2D eigenvalue weighted by Gasteiger charge is -2.43. The Morgan fingerprint density at radius 1 is 0.977 bits per heavy atom. The number of amides is 3. The molecule has 0 bridgehead atoms. The number of carbonyl (C=O) groups is 3. The van der Waals surface area contributed by atoms with Crippen molar-refractivity contribution in [3.05, 3.63) is 93.5 Å². The number of aryl methyl sites for hydroxylation is 1. The fraction of sp³-hybridized carbons (Fsp3) is 0.382. The van der Waals surface area contributed by atoms with Crippen molar-refractivity contribution < 1.29 is 14.4 Å². The molecule has 0 radical (unpaired) electrons. The molecule has 1 unspecified atom stereocenters. The van der Waals surface area contributed by atoms with Crippen LogP contribution in [0.3, 0.4) is 0 Å². The van der Waals surface area contributed by atoms with Crippen molar-refractivity contribution >= 4 is 52.3 Å². The summed E-state index contributed by atoms with van der Waals surface area (Å²) in [7, 11) is 0. The largest absolute Gasteiger partial charge is 0.354 e. The predicted octanol–water partition coefficient (Wildman–Crippen LogP) is 6.98. The minimum absolute atomic E-state index is 0.0216. The fourth-order valence-corrected chi connectivity index (χ4v) is 6.70. The minimum Gasteiger partial charge on any atom is -0.354 e. The van der Waals surface area contributed by atoms with Crippen LogP contribution in [0.4, 0.5) is 11.4 Å². The van der Waals surface area contributed by atoms with E-state index in [0.29, 0.717) is 26.9 Å². The Bertz CT molecular complexity index is 1490. The highest BCUT2D eigenvalue weighted by Gasteiger charge is 2.40. The van der Waals surface area contributed by atoms with Gasteiger partial charge in [-0.1, -0.05) is 35.3 Å². The first-order valence-corrected chi connectivity index (χ1v) is 15.7. The van der Waals surface area contributed by atoms with E-state index in [1.54, 1.807) is 55.5 Å². The molecule has 0 spiro atoms. The van der Waals surface area contributed by atoms with Crippen molar-refractivity contribution in [1.29, 1.82) is 0 Å². The van der Waals surface area contributed by atoms with E-state index in [9.17, 15) is 14.4 Å². The highest BCUT2D eigenvalue weighted by Crippen LogP contribution is 2.40. The van der Waals surface area contributed by atoms with Crippen molar-refractivity contribution in [3.8, 4) is 0 Å². The van der Waals surface area contributed by atoms with Crippen molar-refractivity contribution in [2.45, 2.75) is 64.0 Å². The summed E-state index contributed by atoms with van der Waals surface area (Å²) in [5.74, 6) is -0.369. The number of rotatable bonds is 7. The number of benzene rings is 3. The zero-order valence-corrected chi connectivity index (χ0v) is 26.2. The molecule has 5 rings (SSSR count). The first-order chi connectivity index (χ1) is 20.6. The molecule has 1 atom stereocenters. The quantitative estimate of drug-likeness (QED) is 0.299. The van der Waals surface area contributed by atoms with Crippen LogP contribution in [0, 0.1) is 0 Å². The van der Waals surface area contributed by atoms with Gasteiger partial charge in [0.15, 0.2) is 0 Å². The summed E-state index contributed by atoms with van der Waals surface area (Å²) in [5, 5.41) is 6.96. The molecular formula is C34H38Cl2N4O3. The van der Waals surface area contributed by atoms with Gasteiger partial charge in [0, 0.05) is 60.1 Å². The van der Waals surface area contributed by atoms with Crippen LogP contribution in [0.25, 0.3) is 0 Å². The number of halogens is 2. The Morgan fingerprint density at radius 3 is 2.40 bits per heavy atom. The van der Waals surface area contributed by atoms with Crippen LogP contribution in [0.2, 0.25) is 10.0 Å². The van der Waals surface area contributed by atoms with Crippen LogP contribution in [-0.4, -0.2) is 53.8 Å². The molecule has 0 aliphatic carbocycles. The number of anilines is 2. The zero-order valence-electron chi connectivity index (χ0n) is 24.7. The molecule has 2 heterocycles. The second kappa shape index (κ2) is 13.5. The van der Waals surface area contributed by atoms with E-state index in [2.05, 4.69) is 22.5 Å². The Hall–Kier alpha value is -3.39. The first kappa shape index (κ1) is 31.0. The van der Waals surface area contributed by atoms with Gasteiger partial charge in [0.1, 0.15) is 0 Å². The summed E-state index contributed by atoms with van der Waals surface area (Å²) in [4.78, 5) is 43.0.